The lowest BCUT2D eigenvalue weighted by Crippen LogP contribution is -1.93. The summed E-state index contributed by atoms with van der Waals surface area (Å²) in [5, 5.41) is 0. The van der Waals surface area contributed by atoms with Crippen LogP contribution in [-0.2, 0) is 6.42 Å². The number of rotatable bonds is 6. The molecule has 0 aromatic heterocycles. The van der Waals surface area contributed by atoms with E-state index in [1.807, 2.05) is 6.08 Å². The van der Waals surface area contributed by atoms with Crippen molar-refractivity contribution in [3.05, 3.63) is 41.5 Å². The fourth-order valence-corrected chi connectivity index (χ4v) is 1.99. The Labute approximate surface area is 94.0 Å². The van der Waals surface area contributed by atoms with E-state index in [4.69, 9.17) is 0 Å². The summed E-state index contributed by atoms with van der Waals surface area (Å²) in [7, 11) is 0. The van der Waals surface area contributed by atoms with Gasteiger partial charge in [0.15, 0.2) is 0 Å². The highest BCUT2D eigenvalue weighted by atomic mass is 14.1. The first-order chi connectivity index (χ1) is 7.29. The molecule has 0 nitrogen and oxygen atoms in total. The summed E-state index contributed by atoms with van der Waals surface area (Å²) >= 11 is 0. The zero-order valence-corrected chi connectivity index (χ0v) is 10.1. The van der Waals surface area contributed by atoms with Crippen molar-refractivity contribution in [1.29, 1.82) is 0 Å². The Morgan fingerprint density at radius 2 is 2.00 bits per heavy atom. The van der Waals surface area contributed by atoms with Gasteiger partial charge in [0, 0.05) is 0 Å². The van der Waals surface area contributed by atoms with Crippen LogP contribution in [0.15, 0.2) is 24.8 Å². The number of unbranched alkanes of at least 4 members (excludes halogenated alkanes) is 3. The van der Waals surface area contributed by atoms with Crippen LogP contribution in [-0.4, -0.2) is 0 Å². The van der Waals surface area contributed by atoms with Crippen LogP contribution >= 0.6 is 0 Å². The van der Waals surface area contributed by atoms with Crippen molar-refractivity contribution < 1.29 is 0 Å². The predicted octanol–water partition coefficient (Wildman–Crippen LogP) is 4.76. The third-order valence-electron chi connectivity index (χ3n) is 2.95. The topological polar surface area (TPSA) is 0 Å². The van der Waals surface area contributed by atoms with Gasteiger partial charge < -0.3 is 0 Å². The molecule has 1 rings (SSSR count). The van der Waals surface area contributed by atoms with Crippen LogP contribution < -0.4 is 0 Å². The molecule has 0 unspecified atom stereocenters. The monoisotopic (exact) mass is 202 g/mol. The van der Waals surface area contributed by atoms with Crippen LogP contribution in [0.3, 0.4) is 0 Å². The normalized spacial score (nSPS) is 10.3. The summed E-state index contributed by atoms with van der Waals surface area (Å²) < 4.78 is 0. The Balaban J connectivity index is 2.62. The molecule has 0 N–H and O–H groups in total. The molecule has 0 amide bonds. The molecule has 15 heavy (non-hydrogen) atoms. The lowest BCUT2D eigenvalue weighted by atomic mass is 9.96. The second-order valence-corrected chi connectivity index (χ2v) is 4.16. The van der Waals surface area contributed by atoms with Crippen molar-refractivity contribution in [3.8, 4) is 0 Å². The number of hydrogen-bond acceptors (Lipinski definition) is 0. The van der Waals surface area contributed by atoms with Crippen molar-refractivity contribution in [1.82, 2.24) is 0 Å². The maximum atomic E-state index is 3.88. The summed E-state index contributed by atoms with van der Waals surface area (Å²) in [4.78, 5) is 0. The van der Waals surface area contributed by atoms with E-state index in [2.05, 4.69) is 38.6 Å². The highest BCUT2D eigenvalue weighted by Gasteiger charge is 2.02. The van der Waals surface area contributed by atoms with Crippen molar-refractivity contribution in [3.63, 3.8) is 0 Å². The molecular weight excluding hydrogens is 180 g/mol. The summed E-state index contributed by atoms with van der Waals surface area (Å²) in [6.07, 6.45) is 8.49. The summed E-state index contributed by atoms with van der Waals surface area (Å²) in [6, 6.07) is 6.47. The van der Waals surface area contributed by atoms with Crippen molar-refractivity contribution >= 4 is 6.08 Å². The molecule has 0 radical (unpaired) electrons. The second-order valence-electron chi connectivity index (χ2n) is 4.16. The van der Waals surface area contributed by atoms with Gasteiger partial charge in [-0.05, 0) is 36.5 Å². The van der Waals surface area contributed by atoms with Crippen LogP contribution in [0.4, 0.5) is 0 Å². The van der Waals surface area contributed by atoms with E-state index >= 15 is 0 Å². The van der Waals surface area contributed by atoms with Gasteiger partial charge >= 0.3 is 0 Å². The van der Waals surface area contributed by atoms with E-state index in [1.54, 1.807) is 0 Å². The van der Waals surface area contributed by atoms with Crippen molar-refractivity contribution in [2.45, 2.75) is 46.0 Å². The SMILES string of the molecule is C=Cc1cccc(C)c1CCCCCC. The number of hydrogen-bond donors (Lipinski definition) is 0. The Morgan fingerprint density at radius 1 is 1.20 bits per heavy atom. The fourth-order valence-electron chi connectivity index (χ4n) is 1.99. The minimum absolute atomic E-state index is 1.20. The zero-order chi connectivity index (χ0) is 11.1. The molecule has 1 aromatic rings. The molecule has 0 saturated carbocycles. The van der Waals surface area contributed by atoms with Gasteiger partial charge in [-0.15, -0.1) is 0 Å². The Kier molecular flexibility index (Phi) is 5.17. The van der Waals surface area contributed by atoms with Gasteiger partial charge in [0.2, 0.25) is 0 Å². The molecule has 0 aliphatic rings. The number of aryl methyl sites for hydroxylation is 1. The zero-order valence-electron chi connectivity index (χ0n) is 10.1. The molecule has 0 heteroatoms. The van der Waals surface area contributed by atoms with Gasteiger partial charge in [-0.3, -0.25) is 0 Å². The van der Waals surface area contributed by atoms with Gasteiger partial charge in [0.25, 0.3) is 0 Å². The summed E-state index contributed by atoms with van der Waals surface area (Å²) in [6.45, 7) is 8.33. The van der Waals surface area contributed by atoms with Gasteiger partial charge in [-0.25, -0.2) is 0 Å². The van der Waals surface area contributed by atoms with Gasteiger partial charge in [-0.1, -0.05) is 57.0 Å². The summed E-state index contributed by atoms with van der Waals surface area (Å²) in [5.74, 6) is 0. The van der Waals surface area contributed by atoms with E-state index in [-0.39, 0.29) is 0 Å². The van der Waals surface area contributed by atoms with E-state index in [1.165, 1.54) is 48.8 Å². The van der Waals surface area contributed by atoms with E-state index in [0.717, 1.165) is 0 Å². The minimum Gasteiger partial charge on any atom is -0.0985 e. The first kappa shape index (κ1) is 12.0. The smallest absolute Gasteiger partial charge is 0.0228 e. The molecule has 0 aliphatic heterocycles. The van der Waals surface area contributed by atoms with Crippen LogP contribution in [0, 0.1) is 6.92 Å². The van der Waals surface area contributed by atoms with Crippen molar-refractivity contribution in [2.75, 3.05) is 0 Å². The lowest BCUT2D eigenvalue weighted by molar-refractivity contribution is 0.665. The molecular formula is C15H22. The molecule has 0 saturated heterocycles. The van der Waals surface area contributed by atoms with Crippen LogP contribution in [0.1, 0.15) is 49.3 Å². The lowest BCUT2D eigenvalue weighted by Gasteiger charge is -2.09. The first-order valence-corrected chi connectivity index (χ1v) is 6.00. The molecule has 82 valence electrons. The fraction of sp³-hybridized carbons (Fsp3) is 0.467. The Bertz CT molecular complexity index is 310. The molecule has 0 aliphatic carbocycles. The summed E-state index contributed by atoms with van der Waals surface area (Å²) in [5.41, 5.74) is 4.21. The van der Waals surface area contributed by atoms with Gasteiger partial charge in [0.1, 0.15) is 0 Å². The maximum absolute atomic E-state index is 3.88. The molecule has 0 fully saturated rings. The van der Waals surface area contributed by atoms with Crippen molar-refractivity contribution in [2.24, 2.45) is 0 Å². The third-order valence-corrected chi connectivity index (χ3v) is 2.95. The Morgan fingerprint density at radius 3 is 2.67 bits per heavy atom. The predicted molar refractivity (Wildman–Crippen MR) is 69.1 cm³/mol. The third kappa shape index (κ3) is 3.54. The largest absolute Gasteiger partial charge is 0.0985 e. The maximum Gasteiger partial charge on any atom is -0.0228 e. The average molecular weight is 202 g/mol. The van der Waals surface area contributed by atoms with E-state index < -0.39 is 0 Å². The minimum atomic E-state index is 1.20. The van der Waals surface area contributed by atoms with Crippen LogP contribution in [0.25, 0.3) is 6.08 Å². The van der Waals surface area contributed by atoms with Gasteiger partial charge in [0.05, 0.1) is 0 Å². The number of benzene rings is 1. The highest BCUT2D eigenvalue weighted by molar-refractivity contribution is 5.54. The van der Waals surface area contributed by atoms with E-state index in [0.29, 0.717) is 0 Å². The average Bonchev–Trinajstić information content (AvgIpc) is 2.26. The molecule has 0 bridgehead atoms. The van der Waals surface area contributed by atoms with E-state index in [9.17, 15) is 0 Å². The van der Waals surface area contributed by atoms with Gasteiger partial charge in [-0.2, -0.15) is 0 Å². The molecule has 1 aromatic carbocycles. The second kappa shape index (κ2) is 6.44. The molecule has 0 heterocycles. The molecule has 0 spiro atoms. The molecule has 0 atom stereocenters. The highest BCUT2D eigenvalue weighted by Crippen LogP contribution is 2.18. The Hall–Kier alpha value is -1.04. The van der Waals surface area contributed by atoms with Crippen LogP contribution in [0.5, 0.6) is 0 Å². The van der Waals surface area contributed by atoms with Crippen LogP contribution in [0.2, 0.25) is 0 Å². The standard InChI is InChI=1S/C15H22/c1-4-6-7-8-12-15-13(3)10-9-11-14(15)5-2/h5,9-11H,2,4,6-8,12H2,1,3H3. The quantitative estimate of drug-likeness (QED) is 0.583. The first-order valence-electron chi connectivity index (χ1n) is 6.00.